The minimum Gasteiger partial charge on any atom is -0.465 e. The quantitative estimate of drug-likeness (QED) is 0.837. The normalized spacial score (nSPS) is 24.2. The number of nitrogens with zero attached hydrogens (tertiary/aromatic N) is 2. The lowest BCUT2D eigenvalue weighted by molar-refractivity contribution is 0.0209. The summed E-state index contributed by atoms with van der Waals surface area (Å²) in [6.45, 7) is 2.17. The van der Waals surface area contributed by atoms with Crippen LogP contribution in [0.3, 0.4) is 0 Å². The maximum Gasteiger partial charge on any atom is 0.407 e. The van der Waals surface area contributed by atoms with Gasteiger partial charge in [0.1, 0.15) is 5.82 Å². The summed E-state index contributed by atoms with van der Waals surface area (Å²) in [4.78, 5) is 26.5. The Morgan fingerprint density at radius 1 is 1.42 bits per heavy atom. The molecule has 1 aromatic carbocycles. The Morgan fingerprint density at radius 3 is 2.92 bits per heavy atom. The number of carboxylic acid groups (broad SMARTS) is 1. The second-order valence-corrected chi connectivity index (χ2v) is 6.89. The van der Waals surface area contributed by atoms with Crippen LogP contribution in [0.5, 0.6) is 0 Å². The summed E-state index contributed by atoms with van der Waals surface area (Å²) in [5.41, 5.74) is 0.585. The number of amides is 3. The summed E-state index contributed by atoms with van der Waals surface area (Å²) < 4.78 is 19.8. The molecule has 2 N–H and O–H groups in total. The zero-order valence-electron chi connectivity index (χ0n) is 14.2. The van der Waals surface area contributed by atoms with Crippen LogP contribution in [-0.2, 0) is 4.74 Å². The SMILES string of the molecule is O=C(O)N1CCO[C@@H](c2ccc(Cl)c(F)c2)[C@H](CN2CCCNC2=O)C1. The number of carbonyl (C=O) groups is 2. The number of rotatable bonds is 3. The Balaban J connectivity index is 1.86. The molecule has 2 fully saturated rings. The molecular formula is C17H21ClFN3O4. The van der Waals surface area contributed by atoms with E-state index in [2.05, 4.69) is 5.32 Å². The van der Waals surface area contributed by atoms with Gasteiger partial charge in [-0.3, -0.25) is 0 Å². The maximum atomic E-state index is 13.9. The van der Waals surface area contributed by atoms with E-state index in [4.69, 9.17) is 16.3 Å². The minimum absolute atomic E-state index is 0.0153. The average molecular weight is 386 g/mol. The van der Waals surface area contributed by atoms with Gasteiger partial charge in [0.15, 0.2) is 0 Å². The molecule has 3 amide bonds. The van der Waals surface area contributed by atoms with Crippen LogP contribution in [0.25, 0.3) is 0 Å². The second kappa shape index (κ2) is 8.09. The number of halogens is 2. The van der Waals surface area contributed by atoms with Crippen molar-refractivity contribution in [2.24, 2.45) is 5.92 Å². The van der Waals surface area contributed by atoms with Crippen molar-refractivity contribution in [3.05, 3.63) is 34.6 Å². The van der Waals surface area contributed by atoms with Crippen LogP contribution in [0.15, 0.2) is 18.2 Å². The summed E-state index contributed by atoms with van der Waals surface area (Å²) in [6, 6.07) is 4.27. The van der Waals surface area contributed by atoms with Gasteiger partial charge in [-0.1, -0.05) is 17.7 Å². The molecule has 7 nitrogen and oxygen atoms in total. The van der Waals surface area contributed by atoms with Crippen molar-refractivity contribution in [2.45, 2.75) is 12.5 Å². The van der Waals surface area contributed by atoms with Gasteiger partial charge >= 0.3 is 12.1 Å². The fraction of sp³-hybridized carbons (Fsp3) is 0.529. The van der Waals surface area contributed by atoms with Crippen molar-refractivity contribution >= 4 is 23.7 Å². The van der Waals surface area contributed by atoms with Gasteiger partial charge in [0.2, 0.25) is 0 Å². The summed E-state index contributed by atoms with van der Waals surface area (Å²) in [6.07, 6.45) is -0.743. The van der Waals surface area contributed by atoms with Gasteiger partial charge < -0.3 is 25.0 Å². The van der Waals surface area contributed by atoms with Crippen LogP contribution in [-0.4, -0.2) is 66.4 Å². The highest BCUT2D eigenvalue weighted by molar-refractivity contribution is 6.30. The maximum absolute atomic E-state index is 13.9. The van der Waals surface area contributed by atoms with Gasteiger partial charge in [0, 0.05) is 38.6 Å². The molecule has 0 bridgehead atoms. The molecule has 0 aliphatic carbocycles. The molecule has 0 unspecified atom stereocenters. The minimum atomic E-state index is -1.04. The van der Waals surface area contributed by atoms with Gasteiger partial charge in [-0.15, -0.1) is 0 Å². The first kappa shape index (κ1) is 18.7. The van der Waals surface area contributed by atoms with E-state index >= 15 is 0 Å². The predicted octanol–water partition coefficient (Wildman–Crippen LogP) is 2.56. The molecule has 2 heterocycles. The van der Waals surface area contributed by atoms with E-state index in [1.807, 2.05) is 0 Å². The number of ether oxygens (including phenoxy) is 1. The molecule has 0 saturated carbocycles. The molecule has 3 rings (SSSR count). The van der Waals surface area contributed by atoms with E-state index in [0.717, 1.165) is 6.42 Å². The van der Waals surface area contributed by atoms with Crippen LogP contribution >= 0.6 is 11.6 Å². The van der Waals surface area contributed by atoms with E-state index < -0.39 is 18.0 Å². The molecule has 0 aromatic heterocycles. The lowest BCUT2D eigenvalue weighted by Crippen LogP contribution is -2.50. The Hall–Kier alpha value is -2.06. The first-order valence-electron chi connectivity index (χ1n) is 8.53. The number of hydrogen-bond acceptors (Lipinski definition) is 3. The molecule has 2 aliphatic heterocycles. The van der Waals surface area contributed by atoms with E-state index in [9.17, 15) is 19.1 Å². The first-order chi connectivity index (χ1) is 12.5. The zero-order valence-corrected chi connectivity index (χ0v) is 14.9. The van der Waals surface area contributed by atoms with Crippen molar-refractivity contribution < 1.29 is 23.8 Å². The van der Waals surface area contributed by atoms with Gasteiger partial charge in [-0.05, 0) is 24.1 Å². The van der Waals surface area contributed by atoms with Crippen LogP contribution in [0, 0.1) is 11.7 Å². The molecule has 142 valence electrons. The van der Waals surface area contributed by atoms with Crippen molar-refractivity contribution in [2.75, 3.05) is 39.3 Å². The summed E-state index contributed by atoms with van der Waals surface area (Å²) >= 11 is 5.76. The van der Waals surface area contributed by atoms with Crippen LogP contribution < -0.4 is 5.32 Å². The topological polar surface area (TPSA) is 82.1 Å². The molecule has 26 heavy (non-hydrogen) atoms. The summed E-state index contributed by atoms with van der Waals surface area (Å²) in [7, 11) is 0. The number of urea groups is 1. The third-order valence-electron chi connectivity index (χ3n) is 4.71. The zero-order chi connectivity index (χ0) is 18.7. The molecule has 0 radical (unpaired) electrons. The van der Waals surface area contributed by atoms with Crippen molar-refractivity contribution in [3.8, 4) is 0 Å². The summed E-state index contributed by atoms with van der Waals surface area (Å²) in [5, 5.41) is 12.2. The lowest BCUT2D eigenvalue weighted by Gasteiger charge is -2.34. The molecule has 0 spiro atoms. The molecule has 2 saturated heterocycles. The van der Waals surface area contributed by atoms with Gasteiger partial charge in [-0.2, -0.15) is 0 Å². The molecule has 2 atom stereocenters. The highest BCUT2D eigenvalue weighted by Gasteiger charge is 2.34. The number of hydrogen-bond donors (Lipinski definition) is 2. The third kappa shape index (κ3) is 4.19. The van der Waals surface area contributed by atoms with E-state index in [1.165, 1.54) is 17.0 Å². The standard InChI is InChI=1S/C17H21ClFN3O4/c18-13-3-2-11(8-14(13)19)15-12(9-21-5-1-4-20-16(21)23)10-22(17(24)25)6-7-26-15/h2-3,8,12,15H,1,4-7,9-10H2,(H,20,23)(H,24,25)/t12-,15+/m1/s1. The first-order valence-corrected chi connectivity index (χ1v) is 8.90. The highest BCUT2D eigenvalue weighted by Crippen LogP contribution is 2.32. The Bertz CT molecular complexity index is 690. The Labute approximate surface area is 155 Å². The second-order valence-electron chi connectivity index (χ2n) is 6.49. The lowest BCUT2D eigenvalue weighted by atomic mass is 9.94. The van der Waals surface area contributed by atoms with Gasteiger partial charge in [0.25, 0.3) is 0 Å². The van der Waals surface area contributed by atoms with E-state index in [1.54, 1.807) is 11.0 Å². The Kier molecular flexibility index (Phi) is 5.83. The van der Waals surface area contributed by atoms with Gasteiger partial charge in [0.05, 0.1) is 17.7 Å². The molecule has 2 aliphatic rings. The van der Waals surface area contributed by atoms with Crippen molar-refractivity contribution in [3.63, 3.8) is 0 Å². The van der Waals surface area contributed by atoms with Crippen LogP contribution in [0.4, 0.5) is 14.0 Å². The van der Waals surface area contributed by atoms with Crippen LogP contribution in [0.2, 0.25) is 5.02 Å². The summed E-state index contributed by atoms with van der Waals surface area (Å²) in [5.74, 6) is -0.875. The van der Waals surface area contributed by atoms with E-state index in [0.29, 0.717) is 25.2 Å². The van der Waals surface area contributed by atoms with E-state index in [-0.39, 0.29) is 36.7 Å². The smallest absolute Gasteiger partial charge is 0.407 e. The van der Waals surface area contributed by atoms with Crippen molar-refractivity contribution in [1.82, 2.24) is 15.1 Å². The van der Waals surface area contributed by atoms with Gasteiger partial charge in [-0.25, -0.2) is 14.0 Å². The fourth-order valence-electron chi connectivity index (χ4n) is 3.42. The van der Waals surface area contributed by atoms with Crippen molar-refractivity contribution in [1.29, 1.82) is 0 Å². The fourth-order valence-corrected chi connectivity index (χ4v) is 3.53. The van der Waals surface area contributed by atoms with Crippen LogP contribution in [0.1, 0.15) is 18.1 Å². The number of benzene rings is 1. The Morgan fingerprint density at radius 2 is 2.23 bits per heavy atom. The molecule has 9 heteroatoms. The highest BCUT2D eigenvalue weighted by atomic mass is 35.5. The largest absolute Gasteiger partial charge is 0.465 e. The molecule has 1 aromatic rings. The number of nitrogens with one attached hydrogen (secondary N) is 1. The predicted molar refractivity (Wildman–Crippen MR) is 92.8 cm³/mol. The number of carbonyl (C=O) groups excluding carboxylic acids is 1. The monoisotopic (exact) mass is 385 g/mol. The average Bonchev–Trinajstić information content (AvgIpc) is 2.82. The molecular weight excluding hydrogens is 365 g/mol. The third-order valence-corrected chi connectivity index (χ3v) is 5.01.